The molecule has 4 rings (SSSR count). The minimum Gasteiger partial charge on any atom is -0.444 e. The van der Waals surface area contributed by atoms with Crippen molar-refractivity contribution in [3.05, 3.63) is 90.3 Å². The van der Waals surface area contributed by atoms with E-state index in [1.807, 2.05) is 18.2 Å². The first-order valence-corrected chi connectivity index (χ1v) is 14.1. The second kappa shape index (κ2) is 11.2. The van der Waals surface area contributed by atoms with Crippen molar-refractivity contribution in [1.82, 2.24) is 9.97 Å². The highest BCUT2D eigenvalue weighted by Gasteiger charge is 2.26. The molecule has 0 unspecified atom stereocenters. The molecule has 0 radical (unpaired) electrons. The topological polar surface area (TPSA) is 119 Å². The highest BCUT2D eigenvalue weighted by molar-refractivity contribution is 7.91. The number of amides is 2. The Hall–Kier alpha value is -4.31. The minimum absolute atomic E-state index is 0.0747. The summed E-state index contributed by atoms with van der Waals surface area (Å²) in [6, 6.07) is 18.8. The highest BCUT2D eigenvalue weighted by atomic mass is 32.2. The third kappa shape index (κ3) is 6.77. The molecule has 39 heavy (non-hydrogen) atoms. The number of sulfone groups is 1. The van der Waals surface area contributed by atoms with Crippen LogP contribution in [0.1, 0.15) is 43.6 Å². The number of ether oxygens (including phenoxy) is 1. The van der Waals surface area contributed by atoms with Crippen LogP contribution in [-0.4, -0.2) is 41.7 Å². The molecule has 4 aromatic rings. The number of hydrogen-bond donors (Lipinski definition) is 1. The van der Waals surface area contributed by atoms with E-state index < -0.39 is 27.4 Å². The maximum atomic E-state index is 13.7. The van der Waals surface area contributed by atoms with Gasteiger partial charge in [-0.3, -0.25) is 15.1 Å². The summed E-state index contributed by atoms with van der Waals surface area (Å²) < 4.78 is 31.1. The second-order valence-corrected chi connectivity index (χ2v) is 12.1. The van der Waals surface area contributed by atoms with E-state index in [9.17, 15) is 18.0 Å². The second-order valence-electron chi connectivity index (χ2n) is 9.85. The maximum absolute atomic E-state index is 13.7. The molecule has 0 aliphatic rings. The van der Waals surface area contributed by atoms with E-state index in [4.69, 9.17) is 4.74 Å². The van der Waals surface area contributed by atoms with Gasteiger partial charge in [-0.25, -0.2) is 18.2 Å². The Labute approximate surface area is 227 Å². The molecule has 2 heterocycles. The lowest BCUT2D eigenvalue weighted by molar-refractivity contribution is 0.0635. The van der Waals surface area contributed by atoms with Crippen LogP contribution in [-0.2, 0) is 21.1 Å². The number of hydrogen-bond acceptors (Lipinski definition) is 7. The highest BCUT2D eigenvalue weighted by Crippen LogP contribution is 2.29. The molecule has 0 saturated heterocycles. The van der Waals surface area contributed by atoms with E-state index in [-0.39, 0.29) is 22.9 Å². The number of anilines is 2. The van der Waals surface area contributed by atoms with Crippen LogP contribution in [0.2, 0.25) is 0 Å². The number of carbonyl (C=O) groups excluding carboxylic acids is 2. The molecule has 0 atom stereocenters. The van der Waals surface area contributed by atoms with Gasteiger partial charge >= 0.3 is 6.09 Å². The van der Waals surface area contributed by atoms with E-state index in [0.29, 0.717) is 22.5 Å². The van der Waals surface area contributed by atoms with Gasteiger partial charge < -0.3 is 9.64 Å². The summed E-state index contributed by atoms with van der Waals surface area (Å²) in [6.45, 7) is 6.96. The Morgan fingerprint density at radius 3 is 2.44 bits per heavy atom. The largest absolute Gasteiger partial charge is 0.444 e. The molecule has 1 N–H and O–H groups in total. The summed E-state index contributed by atoms with van der Waals surface area (Å²) in [6.07, 6.45) is 2.39. The number of nitrogens with zero attached hydrogens (tertiary/aromatic N) is 3. The fourth-order valence-corrected chi connectivity index (χ4v) is 5.03. The zero-order valence-electron chi connectivity index (χ0n) is 22.2. The average molecular weight is 547 g/mol. The van der Waals surface area contributed by atoms with Crippen molar-refractivity contribution in [2.24, 2.45) is 0 Å². The molecule has 0 spiro atoms. The summed E-state index contributed by atoms with van der Waals surface area (Å²) >= 11 is 0. The van der Waals surface area contributed by atoms with E-state index in [1.165, 1.54) is 17.2 Å². The SMILES string of the molecule is CCS(=O)(=O)c1ccccc1N(Cc1ccc2ccc(NC(=O)OC(C)(C)C)nc2c1)C(=O)c1cccnc1. The molecule has 2 amide bonds. The Kier molecular flexibility index (Phi) is 7.96. The molecular weight excluding hydrogens is 516 g/mol. The number of fused-ring (bicyclic) bond motifs is 1. The lowest BCUT2D eigenvalue weighted by atomic mass is 10.1. The van der Waals surface area contributed by atoms with E-state index >= 15 is 0 Å². The molecule has 0 fully saturated rings. The van der Waals surface area contributed by atoms with Gasteiger partial charge in [-0.2, -0.15) is 0 Å². The normalized spacial score (nSPS) is 11.7. The van der Waals surface area contributed by atoms with Gasteiger partial charge in [0.2, 0.25) is 0 Å². The van der Waals surface area contributed by atoms with Crippen LogP contribution >= 0.6 is 0 Å². The number of para-hydroxylation sites is 1. The third-order valence-electron chi connectivity index (χ3n) is 5.75. The van der Waals surface area contributed by atoms with Crippen LogP contribution < -0.4 is 10.2 Å². The summed E-state index contributed by atoms with van der Waals surface area (Å²) in [5.74, 6) is -0.182. The van der Waals surface area contributed by atoms with Crippen molar-refractivity contribution in [3.8, 4) is 0 Å². The van der Waals surface area contributed by atoms with Crippen molar-refractivity contribution in [2.45, 2.75) is 44.7 Å². The molecule has 0 bridgehead atoms. The number of carbonyl (C=O) groups is 2. The quantitative estimate of drug-likeness (QED) is 0.320. The predicted molar refractivity (Wildman–Crippen MR) is 151 cm³/mol. The first-order valence-electron chi connectivity index (χ1n) is 12.4. The fourth-order valence-electron chi connectivity index (χ4n) is 3.93. The smallest absolute Gasteiger partial charge is 0.413 e. The van der Waals surface area contributed by atoms with Gasteiger partial charge in [-0.1, -0.05) is 31.2 Å². The number of rotatable bonds is 7. The molecule has 0 aliphatic carbocycles. The van der Waals surface area contributed by atoms with Crippen molar-refractivity contribution >= 4 is 44.2 Å². The molecule has 2 aromatic heterocycles. The van der Waals surface area contributed by atoms with E-state index in [0.717, 1.165) is 5.39 Å². The zero-order valence-corrected chi connectivity index (χ0v) is 23.0. The Morgan fingerprint density at radius 1 is 1.00 bits per heavy atom. The first kappa shape index (κ1) is 27.7. The molecule has 9 nitrogen and oxygen atoms in total. The molecule has 10 heteroatoms. The van der Waals surface area contributed by atoms with Crippen LogP contribution in [0.3, 0.4) is 0 Å². The molecule has 0 saturated carbocycles. The van der Waals surface area contributed by atoms with Gasteiger partial charge in [0.25, 0.3) is 5.91 Å². The van der Waals surface area contributed by atoms with E-state index in [2.05, 4.69) is 15.3 Å². The number of pyridine rings is 2. The standard InChI is InChI=1S/C29H30N4O5S/c1-5-39(36,37)25-11-7-6-10-24(25)33(27(34)22-9-8-16-30-18-22)19-20-12-13-21-14-15-26(31-23(21)17-20)32-28(35)38-29(2,3)4/h6-18H,5,19H2,1-4H3,(H,31,32,35). The molecular formula is C29H30N4O5S. The van der Waals surface area contributed by atoms with Crippen LogP contribution in [0.5, 0.6) is 0 Å². The lowest BCUT2D eigenvalue weighted by Gasteiger charge is -2.25. The fraction of sp³-hybridized carbons (Fsp3) is 0.241. The van der Waals surface area contributed by atoms with Gasteiger partial charge in [0.15, 0.2) is 9.84 Å². The third-order valence-corrected chi connectivity index (χ3v) is 7.53. The van der Waals surface area contributed by atoms with Crippen LogP contribution in [0, 0.1) is 0 Å². The maximum Gasteiger partial charge on any atom is 0.413 e. The summed E-state index contributed by atoms with van der Waals surface area (Å²) in [4.78, 5) is 36.0. The summed E-state index contributed by atoms with van der Waals surface area (Å²) in [7, 11) is -3.62. The van der Waals surface area contributed by atoms with Crippen LogP contribution in [0.4, 0.5) is 16.3 Å². The minimum atomic E-state index is -3.62. The predicted octanol–water partition coefficient (Wildman–Crippen LogP) is 5.62. The van der Waals surface area contributed by atoms with Crippen molar-refractivity contribution < 1.29 is 22.7 Å². The number of benzene rings is 2. The Bertz CT molecular complexity index is 1620. The van der Waals surface area contributed by atoms with Crippen molar-refractivity contribution in [3.63, 3.8) is 0 Å². The number of aromatic nitrogens is 2. The van der Waals surface area contributed by atoms with Gasteiger partial charge in [0.1, 0.15) is 11.4 Å². The lowest BCUT2D eigenvalue weighted by Crippen LogP contribution is -2.32. The Balaban J connectivity index is 1.73. The summed E-state index contributed by atoms with van der Waals surface area (Å²) in [5, 5.41) is 3.46. The van der Waals surface area contributed by atoms with Gasteiger partial charge in [-0.05, 0) is 68.8 Å². The Morgan fingerprint density at radius 2 is 1.74 bits per heavy atom. The van der Waals surface area contributed by atoms with E-state index in [1.54, 1.807) is 76.4 Å². The monoisotopic (exact) mass is 546 g/mol. The first-order chi connectivity index (χ1) is 18.5. The van der Waals surface area contributed by atoms with Crippen LogP contribution in [0.25, 0.3) is 10.9 Å². The molecule has 2 aromatic carbocycles. The van der Waals surface area contributed by atoms with Gasteiger partial charge in [0, 0.05) is 17.8 Å². The summed E-state index contributed by atoms with van der Waals surface area (Å²) in [5.41, 5.74) is 1.25. The number of nitrogens with one attached hydrogen (secondary N) is 1. The van der Waals surface area contributed by atoms with Gasteiger partial charge in [-0.15, -0.1) is 0 Å². The van der Waals surface area contributed by atoms with Gasteiger partial charge in [0.05, 0.1) is 34.0 Å². The average Bonchev–Trinajstić information content (AvgIpc) is 2.90. The van der Waals surface area contributed by atoms with Crippen molar-refractivity contribution in [1.29, 1.82) is 0 Å². The van der Waals surface area contributed by atoms with Crippen molar-refractivity contribution in [2.75, 3.05) is 16.0 Å². The van der Waals surface area contributed by atoms with Crippen LogP contribution in [0.15, 0.2) is 84.0 Å². The zero-order chi connectivity index (χ0) is 28.2. The molecule has 0 aliphatic heterocycles. The molecule has 202 valence electrons.